The molecule has 19 heavy (non-hydrogen) atoms. The summed E-state index contributed by atoms with van der Waals surface area (Å²) in [6, 6.07) is 0. The molecule has 0 saturated carbocycles. The van der Waals surface area contributed by atoms with Crippen LogP contribution in [-0.2, 0) is 4.79 Å². The van der Waals surface area contributed by atoms with E-state index in [2.05, 4.69) is 24.5 Å². The highest BCUT2D eigenvalue weighted by atomic mass is 35.5. The largest absolute Gasteiger partial charge is 0.396 e. The minimum absolute atomic E-state index is 0. The number of aliphatic hydroxyl groups excluding tert-OH is 1. The summed E-state index contributed by atoms with van der Waals surface area (Å²) in [7, 11) is 0. The van der Waals surface area contributed by atoms with E-state index in [0.717, 1.165) is 45.2 Å². The van der Waals surface area contributed by atoms with E-state index in [1.165, 1.54) is 0 Å². The van der Waals surface area contributed by atoms with Crippen LogP contribution in [-0.4, -0.2) is 37.3 Å². The molecule has 3 N–H and O–H groups in total. The quantitative estimate of drug-likeness (QED) is 0.669. The standard InChI is InChI=1S/C14H28N2O2.ClH/c1-3-14(4-2,7-9-17)11-16-13(18)12-6-5-8-15-10-12;/h12,15,17H,3-11H2,1-2H3,(H,16,18);1H. The number of nitrogens with one attached hydrogen (secondary N) is 2. The topological polar surface area (TPSA) is 61.4 Å². The number of carbonyl (C=O) groups excluding carboxylic acids is 1. The monoisotopic (exact) mass is 292 g/mol. The van der Waals surface area contributed by atoms with Crippen molar-refractivity contribution in [2.45, 2.75) is 46.0 Å². The Bertz CT molecular complexity index is 252. The summed E-state index contributed by atoms with van der Waals surface area (Å²) in [5.74, 6) is 0.297. The molecule has 1 saturated heterocycles. The molecule has 1 fully saturated rings. The van der Waals surface area contributed by atoms with Crippen LogP contribution in [0, 0.1) is 11.3 Å². The first-order valence-electron chi connectivity index (χ1n) is 7.26. The molecular formula is C14H29ClN2O2. The van der Waals surface area contributed by atoms with Crippen LogP contribution in [0.4, 0.5) is 0 Å². The molecule has 1 aliphatic heterocycles. The average Bonchev–Trinajstić information content (AvgIpc) is 2.44. The van der Waals surface area contributed by atoms with E-state index >= 15 is 0 Å². The van der Waals surface area contributed by atoms with Gasteiger partial charge in [-0.05, 0) is 44.1 Å². The van der Waals surface area contributed by atoms with Gasteiger partial charge in [0.25, 0.3) is 0 Å². The molecule has 1 atom stereocenters. The molecule has 1 unspecified atom stereocenters. The summed E-state index contributed by atoms with van der Waals surface area (Å²) in [5.41, 5.74) is 0.0620. The van der Waals surface area contributed by atoms with Crippen LogP contribution in [0.15, 0.2) is 0 Å². The SMILES string of the molecule is CCC(CC)(CCO)CNC(=O)C1CCCNC1.Cl. The van der Waals surface area contributed by atoms with Crippen molar-refractivity contribution in [3.63, 3.8) is 0 Å². The van der Waals surface area contributed by atoms with E-state index < -0.39 is 0 Å². The first-order valence-corrected chi connectivity index (χ1v) is 7.26. The maximum atomic E-state index is 12.1. The van der Waals surface area contributed by atoms with Gasteiger partial charge in [-0.1, -0.05) is 13.8 Å². The van der Waals surface area contributed by atoms with Crippen LogP contribution in [0.25, 0.3) is 0 Å². The molecule has 1 amide bonds. The zero-order valence-corrected chi connectivity index (χ0v) is 13.0. The van der Waals surface area contributed by atoms with E-state index in [0.29, 0.717) is 6.54 Å². The van der Waals surface area contributed by atoms with Gasteiger partial charge in [0.1, 0.15) is 0 Å². The number of aliphatic hydroxyl groups is 1. The maximum absolute atomic E-state index is 12.1. The number of rotatable bonds is 7. The Kier molecular flexibility index (Phi) is 9.40. The van der Waals surface area contributed by atoms with Gasteiger partial charge in [0.2, 0.25) is 5.91 Å². The first kappa shape index (κ1) is 18.7. The third-order valence-electron chi connectivity index (χ3n) is 4.45. The highest BCUT2D eigenvalue weighted by molar-refractivity contribution is 5.85. The van der Waals surface area contributed by atoms with Crippen molar-refractivity contribution in [2.75, 3.05) is 26.2 Å². The zero-order valence-electron chi connectivity index (χ0n) is 12.2. The minimum Gasteiger partial charge on any atom is -0.396 e. The highest BCUT2D eigenvalue weighted by Crippen LogP contribution is 2.29. The van der Waals surface area contributed by atoms with Crippen molar-refractivity contribution < 1.29 is 9.90 Å². The summed E-state index contributed by atoms with van der Waals surface area (Å²) in [6.45, 7) is 6.98. The van der Waals surface area contributed by atoms with Gasteiger partial charge < -0.3 is 15.7 Å². The summed E-state index contributed by atoms with van der Waals surface area (Å²) in [4.78, 5) is 12.1. The number of hydrogen-bond acceptors (Lipinski definition) is 3. The number of piperidine rings is 1. The lowest BCUT2D eigenvalue weighted by Crippen LogP contribution is -2.44. The molecular weight excluding hydrogens is 264 g/mol. The van der Waals surface area contributed by atoms with Crippen molar-refractivity contribution in [3.8, 4) is 0 Å². The second-order valence-electron chi connectivity index (χ2n) is 5.44. The third kappa shape index (κ3) is 5.67. The molecule has 5 heteroatoms. The summed E-state index contributed by atoms with van der Waals surface area (Å²) >= 11 is 0. The van der Waals surface area contributed by atoms with Crippen LogP contribution < -0.4 is 10.6 Å². The molecule has 114 valence electrons. The molecule has 0 spiro atoms. The van der Waals surface area contributed by atoms with E-state index in [9.17, 15) is 4.79 Å². The zero-order chi connectivity index (χ0) is 13.4. The molecule has 4 nitrogen and oxygen atoms in total. The van der Waals surface area contributed by atoms with Crippen LogP contribution in [0.3, 0.4) is 0 Å². The molecule has 0 aromatic rings. The molecule has 0 radical (unpaired) electrons. The summed E-state index contributed by atoms with van der Waals surface area (Å²) in [6.07, 6.45) is 4.83. The van der Waals surface area contributed by atoms with Gasteiger partial charge in [0.05, 0.1) is 5.92 Å². The number of hydrogen-bond donors (Lipinski definition) is 3. The van der Waals surface area contributed by atoms with Crippen LogP contribution in [0.5, 0.6) is 0 Å². The molecule has 1 rings (SSSR count). The van der Waals surface area contributed by atoms with E-state index in [1.807, 2.05) is 0 Å². The Morgan fingerprint density at radius 1 is 1.42 bits per heavy atom. The van der Waals surface area contributed by atoms with Gasteiger partial charge in [-0.15, -0.1) is 12.4 Å². The Labute approximate surface area is 123 Å². The average molecular weight is 293 g/mol. The number of carbonyl (C=O) groups is 1. The van der Waals surface area contributed by atoms with Crippen molar-refractivity contribution in [2.24, 2.45) is 11.3 Å². The fraction of sp³-hybridized carbons (Fsp3) is 0.929. The van der Waals surface area contributed by atoms with Gasteiger partial charge in [0.15, 0.2) is 0 Å². The second kappa shape index (κ2) is 9.56. The van der Waals surface area contributed by atoms with Gasteiger partial charge in [-0.2, -0.15) is 0 Å². The second-order valence-corrected chi connectivity index (χ2v) is 5.44. The van der Waals surface area contributed by atoms with Crippen molar-refractivity contribution >= 4 is 18.3 Å². The fourth-order valence-electron chi connectivity index (χ4n) is 2.67. The van der Waals surface area contributed by atoms with Gasteiger partial charge in [-0.25, -0.2) is 0 Å². The first-order chi connectivity index (χ1) is 8.67. The fourth-order valence-corrected chi connectivity index (χ4v) is 2.67. The molecule has 1 heterocycles. The van der Waals surface area contributed by atoms with Crippen molar-refractivity contribution in [1.82, 2.24) is 10.6 Å². The van der Waals surface area contributed by atoms with Crippen molar-refractivity contribution in [3.05, 3.63) is 0 Å². The van der Waals surface area contributed by atoms with Crippen LogP contribution in [0.1, 0.15) is 46.0 Å². The molecule has 1 aliphatic rings. The molecule has 0 aromatic carbocycles. The van der Waals surface area contributed by atoms with Gasteiger partial charge in [0, 0.05) is 19.7 Å². The Morgan fingerprint density at radius 3 is 2.58 bits per heavy atom. The predicted molar refractivity (Wildman–Crippen MR) is 80.6 cm³/mol. The Hall–Kier alpha value is -0.320. The normalized spacial score (nSPS) is 19.6. The van der Waals surface area contributed by atoms with Crippen LogP contribution in [0.2, 0.25) is 0 Å². The number of halogens is 1. The van der Waals surface area contributed by atoms with E-state index in [1.54, 1.807) is 0 Å². The Balaban J connectivity index is 0.00000324. The lowest BCUT2D eigenvalue weighted by Gasteiger charge is -2.32. The van der Waals surface area contributed by atoms with E-state index in [-0.39, 0.29) is 36.3 Å². The van der Waals surface area contributed by atoms with Crippen molar-refractivity contribution in [1.29, 1.82) is 0 Å². The maximum Gasteiger partial charge on any atom is 0.224 e. The third-order valence-corrected chi connectivity index (χ3v) is 4.45. The molecule has 0 aliphatic carbocycles. The predicted octanol–water partition coefficient (Wildman–Crippen LogP) is 1.71. The smallest absolute Gasteiger partial charge is 0.224 e. The van der Waals surface area contributed by atoms with Crippen LogP contribution >= 0.6 is 12.4 Å². The van der Waals surface area contributed by atoms with Gasteiger partial charge in [-0.3, -0.25) is 4.79 Å². The number of amides is 1. The molecule has 0 bridgehead atoms. The summed E-state index contributed by atoms with van der Waals surface area (Å²) in [5, 5.41) is 15.5. The highest BCUT2D eigenvalue weighted by Gasteiger charge is 2.28. The lowest BCUT2D eigenvalue weighted by molar-refractivity contribution is -0.126. The minimum atomic E-state index is 0. The van der Waals surface area contributed by atoms with E-state index in [4.69, 9.17) is 5.11 Å². The van der Waals surface area contributed by atoms with Gasteiger partial charge >= 0.3 is 0 Å². The Morgan fingerprint density at radius 2 is 2.11 bits per heavy atom. The lowest BCUT2D eigenvalue weighted by atomic mass is 9.79. The molecule has 0 aromatic heterocycles. The summed E-state index contributed by atoms with van der Waals surface area (Å²) < 4.78 is 0.